The molecule has 1 fully saturated rings. The van der Waals surface area contributed by atoms with E-state index in [0.717, 1.165) is 26.1 Å². The molecule has 0 aromatic carbocycles. The second kappa shape index (κ2) is 8.16. The zero-order chi connectivity index (χ0) is 14.3. The van der Waals surface area contributed by atoms with Crippen LogP contribution in [0.1, 0.15) is 20.3 Å². The zero-order valence-electron chi connectivity index (χ0n) is 12.0. The average molecular weight is 293 g/mol. The van der Waals surface area contributed by atoms with E-state index in [1.807, 2.05) is 13.8 Å². The third-order valence-corrected chi connectivity index (χ3v) is 5.03. The van der Waals surface area contributed by atoms with Crippen LogP contribution in [0.4, 0.5) is 0 Å². The number of sulfonamides is 1. The molecule has 0 radical (unpaired) electrons. The Morgan fingerprint density at radius 2 is 1.84 bits per heavy atom. The topological polar surface area (TPSA) is 75.9 Å². The summed E-state index contributed by atoms with van der Waals surface area (Å²) in [6.45, 7) is 8.47. The van der Waals surface area contributed by atoms with Crippen LogP contribution >= 0.6 is 0 Å². The van der Waals surface area contributed by atoms with Crippen LogP contribution in [0.3, 0.4) is 0 Å². The van der Waals surface area contributed by atoms with Crippen LogP contribution < -0.4 is 5.73 Å². The first-order chi connectivity index (χ1) is 8.95. The molecule has 2 N–H and O–H groups in total. The summed E-state index contributed by atoms with van der Waals surface area (Å²) in [7, 11) is -3.17. The van der Waals surface area contributed by atoms with Crippen molar-refractivity contribution in [1.29, 1.82) is 0 Å². The summed E-state index contributed by atoms with van der Waals surface area (Å²) in [5.74, 6) is 0.0774. The van der Waals surface area contributed by atoms with Gasteiger partial charge in [-0.3, -0.25) is 0 Å². The molecule has 1 heterocycles. The highest BCUT2D eigenvalue weighted by Gasteiger charge is 2.26. The second-order valence-electron chi connectivity index (χ2n) is 5.12. The quantitative estimate of drug-likeness (QED) is 0.665. The van der Waals surface area contributed by atoms with Crippen molar-refractivity contribution < 1.29 is 13.2 Å². The van der Waals surface area contributed by atoms with Crippen molar-refractivity contribution in [3.05, 3.63) is 0 Å². The summed E-state index contributed by atoms with van der Waals surface area (Å²) in [5, 5.41) is 0. The van der Waals surface area contributed by atoms with Crippen molar-refractivity contribution in [2.45, 2.75) is 26.4 Å². The van der Waals surface area contributed by atoms with Crippen LogP contribution in [0, 0.1) is 0 Å². The first-order valence-electron chi connectivity index (χ1n) is 6.97. The Morgan fingerprint density at radius 1 is 1.21 bits per heavy atom. The molecule has 1 aliphatic rings. The fourth-order valence-corrected chi connectivity index (χ4v) is 3.35. The lowest BCUT2D eigenvalue weighted by Crippen LogP contribution is -2.49. The Kier molecular flexibility index (Phi) is 7.23. The van der Waals surface area contributed by atoms with Gasteiger partial charge in [-0.05, 0) is 33.4 Å². The standard InChI is InChI=1S/C12H27N3O3S/c1-12(2)18-10-11-19(16,17)15-8-6-14(7-9-15)5-3-4-13/h12H,3-11,13H2,1-2H3. The maximum Gasteiger partial charge on any atom is 0.216 e. The molecule has 1 rings (SSSR count). The van der Waals surface area contributed by atoms with Gasteiger partial charge in [0.2, 0.25) is 10.0 Å². The number of hydrogen-bond acceptors (Lipinski definition) is 5. The molecule has 0 spiro atoms. The zero-order valence-corrected chi connectivity index (χ0v) is 12.9. The summed E-state index contributed by atoms with van der Waals surface area (Å²) in [6.07, 6.45) is 1.04. The molecule has 0 aromatic rings. The van der Waals surface area contributed by atoms with E-state index in [4.69, 9.17) is 10.5 Å². The van der Waals surface area contributed by atoms with Gasteiger partial charge in [0.05, 0.1) is 18.5 Å². The van der Waals surface area contributed by atoms with Gasteiger partial charge in [-0.15, -0.1) is 0 Å². The van der Waals surface area contributed by atoms with Crippen molar-refractivity contribution in [3.63, 3.8) is 0 Å². The maximum absolute atomic E-state index is 12.1. The van der Waals surface area contributed by atoms with Crippen molar-refractivity contribution in [3.8, 4) is 0 Å². The SMILES string of the molecule is CC(C)OCCS(=O)(=O)N1CCN(CCCN)CC1. The Hall–Kier alpha value is -0.210. The molecular weight excluding hydrogens is 266 g/mol. The van der Waals surface area contributed by atoms with Gasteiger partial charge in [-0.25, -0.2) is 8.42 Å². The maximum atomic E-state index is 12.1. The first kappa shape index (κ1) is 16.8. The van der Waals surface area contributed by atoms with E-state index >= 15 is 0 Å². The normalized spacial score (nSPS) is 19.2. The number of rotatable bonds is 8. The molecule has 0 amide bonds. The van der Waals surface area contributed by atoms with E-state index < -0.39 is 10.0 Å². The Bertz CT molecular complexity index is 338. The number of nitrogens with zero attached hydrogens (tertiary/aromatic N) is 2. The minimum Gasteiger partial charge on any atom is -0.378 e. The monoisotopic (exact) mass is 293 g/mol. The summed E-state index contributed by atoms with van der Waals surface area (Å²) in [6, 6.07) is 0. The molecule has 19 heavy (non-hydrogen) atoms. The molecule has 1 aliphatic heterocycles. The molecular formula is C12H27N3O3S. The van der Waals surface area contributed by atoms with E-state index in [-0.39, 0.29) is 18.5 Å². The van der Waals surface area contributed by atoms with Crippen LogP contribution in [0.5, 0.6) is 0 Å². The summed E-state index contributed by atoms with van der Waals surface area (Å²) < 4.78 is 31.1. The number of hydrogen-bond donors (Lipinski definition) is 1. The van der Waals surface area contributed by atoms with E-state index in [1.54, 1.807) is 4.31 Å². The fourth-order valence-electron chi connectivity index (χ4n) is 2.06. The van der Waals surface area contributed by atoms with Crippen molar-refractivity contribution >= 4 is 10.0 Å². The van der Waals surface area contributed by atoms with E-state index in [9.17, 15) is 8.42 Å². The van der Waals surface area contributed by atoms with Crippen LogP contribution in [-0.4, -0.2) is 75.4 Å². The highest BCUT2D eigenvalue weighted by molar-refractivity contribution is 7.89. The smallest absolute Gasteiger partial charge is 0.216 e. The Balaban J connectivity index is 2.32. The second-order valence-corrected chi connectivity index (χ2v) is 7.21. The van der Waals surface area contributed by atoms with Gasteiger partial charge in [-0.1, -0.05) is 0 Å². The number of nitrogens with two attached hydrogens (primary N) is 1. The average Bonchev–Trinajstić information content (AvgIpc) is 2.36. The Labute approximate surface area is 116 Å². The van der Waals surface area contributed by atoms with Gasteiger partial charge in [0.15, 0.2) is 0 Å². The first-order valence-corrected chi connectivity index (χ1v) is 8.58. The largest absolute Gasteiger partial charge is 0.378 e. The van der Waals surface area contributed by atoms with E-state index in [0.29, 0.717) is 19.6 Å². The molecule has 0 unspecified atom stereocenters. The van der Waals surface area contributed by atoms with E-state index in [2.05, 4.69) is 4.90 Å². The Morgan fingerprint density at radius 3 is 2.37 bits per heavy atom. The minimum atomic E-state index is -3.17. The van der Waals surface area contributed by atoms with Crippen LogP contribution in [0.15, 0.2) is 0 Å². The van der Waals surface area contributed by atoms with Gasteiger partial charge in [0.1, 0.15) is 0 Å². The molecule has 0 bridgehead atoms. The number of ether oxygens (including phenoxy) is 1. The van der Waals surface area contributed by atoms with Gasteiger partial charge in [0.25, 0.3) is 0 Å². The molecule has 0 aliphatic carbocycles. The molecule has 7 heteroatoms. The van der Waals surface area contributed by atoms with Gasteiger partial charge >= 0.3 is 0 Å². The van der Waals surface area contributed by atoms with Crippen molar-refractivity contribution in [2.24, 2.45) is 5.73 Å². The number of piperazine rings is 1. The molecule has 0 aromatic heterocycles. The lowest BCUT2D eigenvalue weighted by Gasteiger charge is -2.33. The lowest BCUT2D eigenvalue weighted by molar-refractivity contribution is 0.0902. The molecule has 1 saturated heterocycles. The van der Waals surface area contributed by atoms with Crippen LogP contribution in [0.25, 0.3) is 0 Å². The fraction of sp³-hybridized carbons (Fsp3) is 1.00. The van der Waals surface area contributed by atoms with Gasteiger partial charge in [-0.2, -0.15) is 4.31 Å². The van der Waals surface area contributed by atoms with E-state index in [1.165, 1.54) is 0 Å². The summed E-state index contributed by atoms with van der Waals surface area (Å²) >= 11 is 0. The summed E-state index contributed by atoms with van der Waals surface area (Å²) in [5.41, 5.74) is 5.47. The predicted molar refractivity (Wildman–Crippen MR) is 76.6 cm³/mol. The minimum absolute atomic E-state index is 0.0725. The third-order valence-electron chi connectivity index (χ3n) is 3.20. The highest BCUT2D eigenvalue weighted by Crippen LogP contribution is 2.08. The molecule has 0 atom stereocenters. The highest BCUT2D eigenvalue weighted by atomic mass is 32.2. The van der Waals surface area contributed by atoms with Crippen molar-refractivity contribution in [1.82, 2.24) is 9.21 Å². The summed E-state index contributed by atoms with van der Waals surface area (Å²) in [4.78, 5) is 2.27. The van der Waals surface area contributed by atoms with Crippen LogP contribution in [-0.2, 0) is 14.8 Å². The van der Waals surface area contributed by atoms with Gasteiger partial charge < -0.3 is 15.4 Å². The van der Waals surface area contributed by atoms with Crippen LogP contribution in [0.2, 0.25) is 0 Å². The molecule has 6 nitrogen and oxygen atoms in total. The van der Waals surface area contributed by atoms with Gasteiger partial charge in [0, 0.05) is 26.2 Å². The predicted octanol–water partition coefficient (Wildman–Crippen LogP) is -0.292. The lowest BCUT2D eigenvalue weighted by atomic mass is 10.3. The molecule has 0 saturated carbocycles. The van der Waals surface area contributed by atoms with Crippen molar-refractivity contribution in [2.75, 3.05) is 51.6 Å². The molecule has 114 valence electrons. The third kappa shape index (κ3) is 6.18.